The second-order valence-corrected chi connectivity index (χ2v) is 8.59. The van der Waals surface area contributed by atoms with Crippen LogP contribution in [-0.4, -0.2) is 44.2 Å². The molecule has 1 amide bonds. The molecule has 0 saturated carbocycles. The van der Waals surface area contributed by atoms with Crippen molar-refractivity contribution < 1.29 is 18.1 Å². The fourth-order valence-electron chi connectivity index (χ4n) is 3.11. The molecule has 9 heteroatoms. The molecular weight excluding hydrogens is 370 g/mol. The Morgan fingerprint density at radius 1 is 1.22 bits per heavy atom. The van der Waals surface area contributed by atoms with E-state index in [4.69, 9.17) is 0 Å². The van der Waals surface area contributed by atoms with Crippen LogP contribution in [-0.2, 0) is 27.7 Å². The summed E-state index contributed by atoms with van der Waals surface area (Å²) in [5, 5.41) is 11.1. The van der Waals surface area contributed by atoms with Crippen molar-refractivity contribution in [2.24, 2.45) is 0 Å². The van der Waals surface area contributed by atoms with E-state index in [1.807, 2.05) is 0 Å². The SMILES string of the molecule is CN(C)S(=O)(=O)c1ccc2c(c1)CCN2C(=O)Cc1ccccc1[N+](=O)[O-]. The molecule has 0 saturated heterocycles. The largest absolute Gasteiger partial charge is 0.312 e. The number of hydrogen-bond donors (Lipinski definition) is 0. The lowest BCUT2D eigenvalue weighted by molar-refractivity contribution is -0.385. The number of para-hydroxylation sites is 1. The number of benzene rings is 2. The highest BCUT2D eigenvalue weighted by Gasteiger charge is 2.28. The minimum Gasteiger partial charge on any atom is -0.312 e. The summed E-state index contributed by atoms with van der Waals surface area (Å²) in [5.41, 5.74) is 1.69. The van der Waals surface area contributed by atoms with Crippen LogP contribution in [0.15, 0.2) is 47.4 Å². The van der Waals surface area contributed by atoms with Gasteiger partial charge < -0.3 is 4.90 Å². The summed E-state index contributed by atoms with van der Waals surface area (Å²) in [6, 6.07) is 10.8. The molecular formula is C18H19N3O5S. The molecule has 0 unspecified atom stereocenters. The number of carbonyl (C=O) groups is 1. The van der Waals surface area contributed by atoms with Crippen LogP contribution in [0.1, 0.15) is 11.1 Å². The Balaban J connectivity index is 1.86. The minimum atomic E-state index is -3.54. The standard InChI is InChI=1S/C18H19N3O5S/c1-19(2)27(25,26)15-7-8-16-14(11-15)9-10-20(16)18(22)12-13-5-3-4-6-17(13)21(23)24/h3-8,11H,9-10,12H2,1-2H3. The van der Waals surface area contributed by atoms with Crippen LogP contribution < -0.4 is 4.90 Å². The minimum absolute atomic E-state index is 0.0855. The smallest absolute Gasteiger partial charge is 0.273 e. The topological polar surface area (TPSA) is 101 Å². The van der Waals surface area contributed by atoms with Crippen molar-refractivity contribution in [1.82, 2.24) is 4.31 Å². The highest BCUT2D eigenvalue weighted by molar-refractivity contribution is 7.89. The molecule has 3 rings (SSSR count). The number of hydrogen-bond acceptors (Lipinski definition) is 5. The summed E-state index contributed by atoms with van der Waals surface area (Å²) in [6.45, 7) is 0.417. The number of anilines is 1. The van der Waals surface area contributed by atoms with Crippen molar-refractivity contribution in [1.29, 1.82) is 0 Å². The number of nitro benzene ring substituents is 1. The molecule has 0 radical (unpaired) electrons. The normalized spacial score (nSPS) is 13.7. The Labute approximate surface area is 157 Å². The molecule has 142 valence electrons. The molecule has 2 aromatic carbocycles. The highest BCUT2D eigenvalue weighted by atomic mass is 32.2. The third-order valence-corrected chi connectivity index (χ3v) is 6.37. The van der Waals surface area contributed by atoms with Crippen molar-refractivity contribution in [3.8, 4) is 0 Å². The molecule has 8 nitrogen and oxygen atoms in total. The van der Waals surface area contributed by atoms with Gasteiger partial charge in [-0.2, -0.15) is 0 Å². The van der Waals surface area contributed by atoms with Gasteiger partial charge in [-0.3, -0.25) is 14.9 Å². The van der Waals surface area contributed by atoms with Crippen LogP contribution in [0.3, 0.4) is 0 Å². The van der Waals surface area contributed by atoms with E-state index in [1.165, 1.54) is 26.2 Å². The Hall–Kier alpha value is -2.78. The Morgan fingerprint density at radius 3 is 2.59 bits per heavy atom. The van der Waals surface area contributed by atoms with Gasteiger partial charge in [0.05, 0.1) is 16.2 Å². The van der Waals surface area contributed by atoms with Gasteiger partial charge in [-0.25, -0.2) is 12.7 Å². The molecule has 0 spiro atoms. The van der Waals surface area contributed by atoms with Gasteiger partial charge in [0.2, 0.25) is 15.9 Å². The summed E-state index contributed by atoms with van der Waals surface area (Å²) >= 11 is 0. The molecule has 1 heterocycles. The molecule has 0 aliphatic carbocycles. The second-order valence-electron chi connectivity index (χ2n) is 6.44. The number of sulfonamides is 1. The van der Waals surface area contributed by atoms with Crippen LogP contribution in [0.25, 0.3) is 0 Å². The van der Waals surface area contributed by atoms with Crippen LogP contribution in [0.4, 0.5) is 11.4 Å². The number of nitro groups is 1. The van der Waals surface area contributed by atoms with Gasteiger partial charge in [0, 0.05) is 38.0 Å². The van der Waals surface area contributed by atoms with Crippen molar-refractivity contribution in [3.05, 3.63) is 63.7 Å². The predicted molar refractivity (Wildman–Crippen MR) is 100 cm³/mol. The van der Waals surface area contributed by atoms with Crippen molar-refractivity contribution in [2.75, 3.05) is 25.5 Å². The summed E-state index contributed by atoms with van der Waals surface area (Å²) in [7, 11) is -0.618. The molecule has 1 aliphatic heterocycles. The van der Waals surface area contributed by atoms with E-state index in [1.54, 1.807) is 35.2 Å². The molecule has 1 aliphatic rings. The van der Waals surface area contributed by atoms with E-state index in [2.05, 4.69) is 0 Å². The summed E-state index contributed by atoms with van der Waals surface area (Å²) in [5.74, 6) is -0.258. The zero-order chi connectivity index (χ0) is 19.8. The zero-order valence-corrected chi connectivity index (χ0v) is 15.8. The average Bonchev–Trinajstić information content (AvgIpc) is 3.05. The van der Waals surface area contributed by atoms with Gasteiger partial charge in [0.25, 0.3) is 5.69 Å². The average molecular weight is 389 g/mol. The van der Waals surface area contributed by atoms with E-state index in [0.717, 1.165) is 9.87 Å². The van der Waals surface area contributed by atoms with Crippen LogP contribution >= 0.6 is 0 Å². The third-order valence-electron chi connectivity index (χ3n) is 4.56. The van der Waals surface area contributed by atoms with E-state index < -0.39 is 14.9 Å². The van der Waals surface area contributed by atoms with Crippen LogP contribution in [0, 0.1) is 10.1 Å². The summed E-state index contributed by atoms with van der Waals surface area (Å²) in [4.78, 5) is 25.1. The number of fused-ring (bicyclic) bond motifs is 1. The van der Waals surface area contributed by atoms with Crippen molar-refractivity contribution in [3.63, 3.8) is 0 Å². The monoisotopic (exact) mass is 389 g/mol. The predicted octanol–water partition coefficient (Wildman–Crippen LogP) is 1.98. The Bertz CT molecular complexity index is 1020. The van der Waals surface area contributed by atoms with Gasteiger partial charge in [0.1, 0.15) is 0 Å². The van der Waals surface area contributed by atoms with Gasteiger partial charge in [-0.05, 0) is 30.2 Å². The molecule has 27 heavy (non-hydrogen) atoms. The van der Waals surface area contributed by atoms with Gasteiger partial charge in [-0.15, -0.1) is 0 Å². The number of nitrogens with zero attached hydrogens (tertiary/aromatic N) is 3. The highest BCUT2D eigenvalue weighted by Crippen LogP contribution is 2.32. The second kappa shape index (κ2) is 7.09. The lowest BCUT2D eigenvalue weighted by atomic mass is 10.1. The maximum atomic E-state index is 12.7. The van der Waals surface area contributed by atoms with E-state index >= 15 is 0 Å². The van der Waals surface area contributed by atoms with Crippen molar-refractivity contribution in [2.45, 2.75) is 17.7 Å². The maximum Gasteiger partial charge on any atom is 0.273 e. The van der Waals surface area contributed by atoms with Crippen LogP contribution in [0.5, 0.6) is 0 Å². The van der Waals surface area contributed by atoms with Gasteiger partial charge in [0.15, 0.2) is 0 Å². The van der Waals surface area contributed by atoms with Crippen molar-refractivity contribution >= 4 is 27.3 Å². The first-order chi connectivity index (χ1) is 12.7. The van der Waals surface area contributed by atoms with Gasteiger partial charge in [-0.1, -0.05) is 18.2 Å². The first kappa shape index (κ1) is 19.0. The fraction of sp³-hybridized carbons (Fsp3) is 0.278. The van der Waals surface area contributed by atoms with Gasteiger partial charge >= 0.3 is 0 Å². The summed E-state index contributed by atoms with van der Waals surface area (Å²) in [6.07, 6.45) is 0.448. The number of amides is 1. The third kappa shape index (κ3) is 3.56. The number of rotatable bonds is 5. The maximum absolute atomic E-state index is 12.7. The van der Waals surface area contributed by atoms with E-state index in [-0.39, 0.29) is 22.9 Å². The fourth-order valence-corrected chi connectivity index (χ4v) is 4.06. The number of carbonyl (C=O) groups excluding carboxylic acids is 1. The van der Waals surface area contributed by atoms with E-state index in [0.29, 0.717) is 24.2 Å². The lowest BCUT2D eigenvalue weighted by Gasteiger charge is -2.18. The Kier molecular flexibility index (Phi) is 4.99. The molecule has 0 bridgehead atoms. The first-order valence-electron chi connectivity index (χ1n) is 8.30. The Morgan fingerprint density at radius 2 is 1.93 bits per heavy atom. The molecule has 0 atom stereocenters. The first-order valence-corrected chi connectivity index (χ1v) is 9.74. The zero-order valence-electron chi connectivity index (χ0n) is 15.0. The van der Waals surface area contributed by atoms with E-state index in [9.17, 15) is 23.3 Å². The quantitative estimate of drug-likeness (QED) is 0.575. The molecule has 0 aromatic heterocycles. The molecule has 2 aromatic rings. The molecule has 0 fully saturated rings. The lowest BCUT2D eigenvalue weighted by Crippen LogP contribution is -2.30. The van der Waals surface area contributed by atoms with Crippen LogP contribution in [0.2, 0.25) is 0 Å². The summed E-state index contributed by atoms with van der Waals surface area (Å²) < 4.78 is 25.7. The molecule has 0 N–H and O–H groups in total.